The van der Waals surface area contributed by atoms with E-state index in [-0.39, 0.29) is 17.2 Å². The standard InChI is InChI=1S/C21H16FN3O5S/c1-29-17-11-13(4-9-16(17)30-21(28)18-3-2-10-31-18)12-23-25-20(27)19(26)24-15-7-5-14(22)6-8-15/h2-12H,1H3,(H,24,26)(H,25,27). The second-order valence-electron chi connectivity index (χ2n) is 5.94. The number of thiophene rings is 1. The Morgan fingerprint density at radius 2 is 1.81 bits per heavy atom. The highest BCUT2D eigenvalue weighted by Gasteiger charge is 2.14. The summed E-state index contributed by atoms with van der Waals surface area (Å²) < 4.78 is 23.4. The van der Waals surface area contributed by atoms with E-state index in [1.165, 1.54) is 42.9 Å². The molecule has 3 rings (SSSR count). The third-order valence-electron chi connectivity index (χ3n) is 3.80. The van der Waals surface area contributed by atoms with E-state index in [2.05, 4.69) is 15.8 Å². The predicted molar refractivity (Wildman–Crippen MR) is 113 cm³/mol. The molecular formula is C21H16FN3O5S. The van der Waals surface area contributed by atoms with Crippen LogP contribution in [0.2, 0.25) is 0 Å². The maximum absolute atomic E-state index is 12.9. The summed E-state index contributed by atoms with van der Waals surface area (Å²) in [6, 6.07) is 13.0. The molecule has 8 nitrogen and oxygen atoms in total. The van der Waals surface area contributed by atoms with Crippen LogP contribution in [0.4, 0.5) is 10.1 Å². The zero-order valence-electron chi connectivity index (χ0n) is 16.1. The van der Waals surface area contributed by atoms with Gasteiger partial charge in [0, 0.05) is 5.69 Å². The summed E-state index contributed by atoms with van der Waals surface area (Å²) in [4.78, 5) is 36.2. The topological polar surface area (TPSA) is 106 Å². The fourth-order valence-corrected chi connectivity index (χ4v) is 2.93. The molecule has 1 aromatic heterocycles. The summed E-state index contributed by atoms with van der Waals surface area (Å²) in [5, 5.41) is 7.80. The summed E-state index contributed by atoms with van der Waals surface area (Å²) in [6.45, 7) is 0. The minimum Gasteiger partial charge on any atom is -0.493 e. The summed E-state index contributed by atoms with van der Waals surface area (Å²) in [5.74, 6) is -2.43. The molecule has 10 heteroatoms. The van der Waals surface area contributed by atoms with Gasteiger partial charge in [-0.3, -0.25) is 9.59 Å². The summed E-state index contributed by atoms with van der Waals surface area (Å²) >= 11 is 1.26. The molecule has 2 amide bonds. The summed E-state index contributed by atoms with van der Waals surface area (Å²) in [5.41, 5.74) is 2.87. The van der Waals surface area contributed by atoms with Gasteiger partial charge in [0.25, 0.3) is 0 Å². The van der Waals surface area contributed by atoms with Crippen LogP contribution in [0.5, 0.6) is 11.5 Å². The lowest BCUT2D eigenvalue weighted by molar-refractivity contribution is -0.136. The maximum atomic E-state index is 12.9. The van der Waals surface area contributed by atoms with Crippen LogP contribution in [0.15, 0.2) is 65.1 Å². The first-order valence-electron chi connectivity index (χ1n) is 8.80. The largest absolute Gasteiger partial charge is 0.493 e. The van der Waals surface area contributed by atoms with E-state index in [0.29, 0.717) is 10.4 Å². The molecule has 2 N–H and O–H groups in total. The Bertz CT molecular complexity index is 1110. The van der Waals surface area contributed by atoms with Crippen LogP contribution in [-0.2, 0) is 9.59 Å². The fourth-order valence-electron chi connectivity index (χ4n) is 2.33. The molecule has 0 saturated heterocycles. The van der Waals surface area contributed by atoms with Crippen LogP contribution in [0, 0.1) is 5.82 Å². The third kappa shape index (κ3) is 5.97. The van der Waals surface area contributed by atoms with Gasteiger partial charge < -0.3 is 14.8 Å². The number of nitrogens with zero attached hydrogens (tertiary/aromatic N) is 1. The molecule has 0 atom stereocenters. The number of hydrogen-bond acceptors (Lipinski definition) is 7. The van der Waals surface area contributed by atoms with Gasteiger partial charge in [-0.2, -0.15) is 5.10 Å². The fraction of sp³-hybridized carbons (Fsp3) is 0.0476. The van der Waals surface area contributed by atoms with Gasteiger partial charge >= 0.3 is 17.8 Å². The first kappa shape index (κ1) is 21.7. The molecule has 0 saturated carbocycles. The van der Waals surface area contributed by atoms with Gasteiger partial charge in [0.2, 0.25) is 0 Å². The number of methoxy groups -OCH3 is 1. The van der Waals surface area contributed by atoms with Crippen molar-refractivity contribution in [2.24, 2.45) is 5.10 Å². The number of amides is 2. The predicted octanol–water partition coefficient (Wildman–Crippen LogP) is 3.20. The number of rotatable bonds is 6. The average Bonchev–Trinajstić information content (AvgIpc) is 3.31. The normalized spacial score (nSPS) is 10.5. The number of nitrogens with one attached hydrogen (secondary N) is 2. The van der Waals surface area contributed by atoms with Crippen LogP contribution in [-0.4, -0.2) is 31.1 Å². The van der Waals surface area contributed by atoms with E-state index in [1.807, 2.05) is 0 Å². The van der Waals surface area contributed by atoms with E-state index in [9.17, 15) is 18.8 Å². The molecule has 0 aliphatic rings. The first-order chi connectivity index (χ1) is 15.0. The molecule has 0 aliphatic heterocycles. The van der Waals surface area contributed by atoms with Crippen molar-refractivity contribution in [1.82, 2.24) is 5.43 Å². The van der Waals surface area contributed by atoms with Crippen LogP contribution < -0.4 is 20.2 Å². The van der Waals surface area contributed by atoms with Crippen molar-refractivity contribution in [3.8, 4) is 11.5 Å². The number of halogens is 1. The van der Waals surface area contributed by atoms with Gasteiger partial charge in [-0.25, -0.2) is 14.6 Å². The summed E-state index contributed by atoms with van der Waals surface area (Å²) in [7, 11) is 1.42. The average molecular weight is 441 g/mol. The highest BCUT2D eigenvalue weighted by Crippen LogP contribution is 2.28. The van der Waals surface area contributed by atoms with Gasteiger partial charge in [-0.05, 0) is 59.5 Å². The Balaban J connectivity index is 1.58. The number of hydrogen-bond donors (Lipinski definition) is 2. The van der Waals surface area contributed by atoms with E-state index >= 15 is 0 Å². The number of esters is 1. The van der Waals surface area contributed by atoms with Crippen molar-refractivity contribution in [1.29, 1.82) is 0 Å². The Morgan fingerprint density at radius 1 is 1.03 bits per heavy atom. The maximum Gasteiger partial charge on any atom is 0.353 e. The Kier molecular flexibility index (Phi) is 7.07. The molecule has 1 heterocycles. The van der Waals surface area contributed by atoms with Crippen LogP contribution in [0.25, 0.3) is 0 Å². The van der Waals surface area contributed by atoms with E-state index in [0.717, 1.165) is 12.1 Å². The number of hydrazone groups is 1. The number of ether oxygens (including phenoxy) is 2. The van der Waals surface area contributed by atoms with Gasteiger partial charge in [0.1, 0.15) is 10.7 Å². The third-order valence-corrected chi connectivity index (χ3v) is 4.65. The number of carbonyl (C=O) groups is 3. The zero-order chi connectivity index (χ0) is 22.2. The number of benzene rings is 2. The second kappa shape index (κ2) is 10.1. The SMILES string of the molecule is COc1cc(C=NNC(=O)C(=O)Nc2ccc(F)cc2)ccc1OC(=O)c1cccs1. The highest BCUT2D eigenvalue weighted by molar-refractivity contribution is 7.12. The minimum absolute atomic E-state index is 0.223. The quantitative estimate of drug-likeness (QED) is 0.201. The van der Waals surface area contributed by atoms with Crippen molar-refractivity contribution in [2.75, 3.05) is 12.4 Å². The van der Waals surface area contributed by atoms with Gasteiger partial charge in [-0.15, -0.1) is 11.3 Å². The minimum atomic E-state index is -1.01. The molecule has 0 radical (unpaired) electrons. The van der Waals surface area contributed by atoms with E-state index in [4.69, 9.17) is 9.47 Å². The molecule has 2 aromatic carbocycles. The van der Waals surface area contributed by atoms with Crippen molar-refractivity contribution < 1.29 is 28.2 Å². The van der Waals surface area contributed by atoms with E-state index < -0.39 is 23.6 Å². The molecule has 0 aliphatic carbocycles. The highest BCUT2D eigenvalue weighted by atomic mass is 32.1. The number of anilines is 1. The van der Waals surface area contributed by atoms with Crippen molar-refractivity contribution in [3.63, 3.8) is 0 Å². The van der Waals surface area contributed by atoms with Crippen LogP contribution >= 0.6 is 11.3 Å². The van der Waals surface area contributed by atoms with Crippen LogP contribution in [0.1, 0.15) is 15.2 Å². The van der Waals surface area contributed by atoms with Gasteiger partial charge in [0.05, 0.1) is 13.3 Å². The Morgan fingerprint density at radius 3 is 2.48 bits per heavy atom. The molecule has 158 valence electrons. The monoisotopic (exact) mass is 441 g/mol. The molecule has 0 unspecified atom stereocenters. The first-order valence-corrected chi connectivity index (χ1v) is 9.68. The lowest BCUT2D eigenvalue weighted by Crippen LogP contribution is -2.32. The van der Waals surface area contributed by atoms with Crippen molar-refractivity contribution in [2.45, 2.75) is 0 Å². The van der Waals surface area contributed by atoms with Crippen molar-refractivity contribution >= 4 is 41.0 Å². The zero-order valence-corrected chi connectivity index (χ0v) is 16.9. The van der Waals surface area contributed by atoms with Gasteiger partial charge in [-0.1, -0.05) is 6.07 Å². The van der Waals surface area contributed by atoms with Crippen LogP contribution in [0.3, 0.4) is 0 Å². The molecule has 0 spiro atoms. The number of carbonyl (C=O) groups excluding carboxylic acids is 3. The van der Waals surface area contributed by atoms with Gasteiger partial charge in [0.15, 0.2) is 11.5 Å². The molecule has 0 bridgehead atoms. The lowest BCUT2D eigenvalue weighted by Gasteiger charge is -2.09. The summed E-state index contributed by atoms with van der Waals surface area (Å²) in [6.07, 6.45) is 1.29. The Labute approximate surface area is 180 Å². The molecular weight excluding hydrogens is 425 g/mol. The lowest BCUT2D eigenvalue weighted by atomic mass is 10.2. The Hall–Kier alpha value is -4.05. The molecule has 31 heavy (non-hydrogen) atoms. The smallest absolute Gasteiger partial charge is 0.353 e. The molecule has 0 fully saturated rings. The second-order valence-corrected chi connectivity index (χ2v) is 6.88. The molecule has 3 aromatic rings. The van der Waals surface area contributed by atoms with Crippen molar-refractivity contribution in [3.05, 3.63) is 76.2 Å². The van der Waals surface area contributed by atoms with E-state index in [1.54, 1.807) is 29.6 Å².